The normalized spacial score (nSPS) is 24.6. The average molecular weight is 397 g/mol. The molecule has 1 atom stereocenters. The number of hydrogen-bond acceptors (Lipinski definition) is 5. The summed E-state index contributed by atoms with van der Waals surface area (Å²) in [6.45, 7) is 3.01. The molecular formula is C18H18F3N3O2S. The standard InChI is InChI=1S/C18H18F3N3O2S/c19-18(20,21)26-14-4-2-1-3-12(14)17-22-9-15(27-17)16(25)23-13-10-24-7-5-11(13)6-8-24/h1-4,9,11,13H,5-8,10H2,(H,23,25)/t13-/m0/s1. The number of halogens is 3. The van der Waals surface area contributed by atoms with Gasteiger partial charge in [-0.1, -0.05) is 12.1 Å². The van der Waals surface area contributed by atoms with E-state index in [1.54, 1.807) is 6.07 Å². The van der Waals surface area contributed by atoms with Gasteiger partial charge in [0.15, 0.2) is 0 Å². The van der Waals surface area contributed by atoms with E-state index in [1.165, 1.54) is 24.4 Å². The summed E-state index contributed by atoms with van der Waals surface area (Å²) in [7, 11) is 0. The van der Waals surface area contributed by atoms with Gasteiger partial charge in [-0.25, -0.2) is 4.98 Å². The fraction of sp³-hybridized carbons (Fsp3) is 0.444. The van der Waals surface area contributed by atoms with E-state index < -0.39 is 6.36 Å². The number of aromatic nitrogens is 1. The highest BCUT2D eigenvalue weighted by Gasteiger charge is 2.35. The quantitative estimate of drug-likeness (QED) is 0.858. The van der Waals surface area contributed by atoms with Crippen molar-refractivity contribution < 1.29 is 22.7 Å². The van der Waals surface area contributed by atoms with Gasteiger partial charge in [0, 0.05) is 12.6 Å². The molecule has 0 aliphatic carbocycles. The Morgan fingerprint density at radius 1 is 1.26 bits per heavy atom. The Kier molecular flexibility index (Phi) is 4.81. The first kappa shape index (κ1) is 18.2. The summed E-state index contributed by atoms with van der Waals surface area (Å²) in [5.74, 6) is -0.0670. The number of carbonyl (C=O) groups excluding carboxylic acids is 1. The van der Waals surface area contributed by atoms with E-state index in [-0.39, 0.29) is 23.3 Å². The maximum Gasteiger partial charge on any atom is 0.573 e. The highest BCUT2D eigenvalue weighted by atomic mass is 32.1. The van der Waals surface area contributed by atoms with Crippen molar-refractivity contribution in [2.75, 3.05) is 19.6 Å². The van der Waals surface area contributed by atoms with Gasteiger partial charge in [-0.05, 0) is 44.0 Å². The van der Waals surface area contributed by atoms with E-state index in [4.69, 9.17) is 0 Å². The number of benzene rings is 1. The SMILES string of the molecule is O=C(N[C@H]1CN2CCC1CC2)c1cnc(-c2ccccc2OC(F)(F)F)s1. The van der Waals surface area contributed by atoms with Gasteiger partial charge in [0.25, 0.3) is 5.91 Å². The van der Waals surface area contributed by atoms with Gasteiger partial charge in [0.2, 0.25) is 0 Å². The molecular weight excluding hydrogens is 379 g/mol. The van der Waals surface area contributed by atoms with Crippen molar-refractivity contribution in [3.8, 4) is 16.3 Å². The van der Waals surface area contributed by atoms with Crippen LogP contribution in [-0.4, -0.2) is 47.8 Å². The number of amides is 1. The maximum atomic E-state index is 12.6. The van der Waals surface area contributed by atoms with Crippen LogP contribution in [0.1, 0.15) is 22.5 Å². The zero-order valence-corrected chi connectivity index (χ0v) is 15.1. The molecule has 9 heteroatoms. The summed E-state index contributed by atoms with van der Waals surface area (Å²) in [5.41, 5.74) is 0.210. The number of fused-ring (bicyclic) bond motifs is 3. The Morgan fingerprint density at radius 3 is 2.67 bits per heavy atom. The van der Waals surface area contributed by atoms with Crippen molar-refractivity contribution in [3.05, 3.63) is 35.3 Å². The van der Waals surface area contributed by atoms with E-state index in [0.717, 1.165) is 43.8 Å². The van der Waals surface area contributed by atoms with Gasteiger partial charge in [-0.2, -0.15) is 0 Å². The van der Waals surface area contributed by atoms with Gasteiger partial charge in [0.05, 0.1) is 11.8 Å². The number of piperidine rings is 3. The maximum absolute atomic E-state index is 12.6. The van der Waals surface area contributed by atoms with Crippen LogP contribution in [-0.2, 0) is 0 Å². The predicted octanol–water partition coefficient (Wildman–Crippen LogP) is 3.53. The first-order valence-electron chi connectivity index (χ1n) is 8.73. The lowest BCUT2D eigenvalue weighted by Crippen LogP contribution is -2.57. The molecule has 5 rings (SSSR count). The Labute approximate surface area is 158 Å². The third-order valence-electron chi connectivity index (χ3n) is 5.05. The van der Waals surface area contributed by atoms with Crippen molar-refractivity contribution in [1.29, 1.82) is 0 Å². The molecule has 27 heavy (non-hydrogen) atoms. The van der Waals surface area contributed by atoms with E-state index in [0.29, 0.717) is 15.8 Å². The van der Waals surface area contributed by atoms with Crippen molar-refractivity contribution in [2.45, 2.75) is 25.2 Å². The van der Waals surface area contributed by atoms with Crippen molar-refractivity contribution in [3.63, 3.8) is 0 Å². The highest BCUT2D eigenvalue weighted by molar-refractivity contribution is 7.16. The second kappa shape index (κ2) is 7.12. The van der Waals surface area contributed by atoms with Crippen molar-refractivity contribution in [2.24, 2.45) is 5.92 Å². The molecule has 3 saturated heterocycles. The molecule has 5 nitrogen and oxygen atoms in total. The lowest BCUT2D eigenvalue weighted by Gasteiger charge is -2.44. The first-order chi connectivity index (χ1) is 12.9. The minimum Gasteiger partial charge on any atom is -0.405 e. The lowest BCUT2D eigenvalue weighted by atomic mass is 9.84. The summed E-state index contributed by atoms with van der Waals surface area (Å²) >= 11 is 1.06. The van der Waals surface area contributed by atoms with Crippen LogP contribution in [0.2, 0.25) is 0 Å². The van der Waals surface area contributed by atoms with E-state index in [2.05, 4.69) is 19.9 Å². The van der Waals surface area contributed by atoms with Crippen LogP contribution in [0.15, 0.2) is 30.5 Å². The fourth-order valence-corrected chi connectivity index (χ4v) is 4.58. The molecule has 4 heterocycles. The van der Waals surface area contributed by atoms with Crippen LogP contribution in [0, 0.1) is 5.92 Å². The number of nitrogens with zero attached hydrogens (tertiary/aromatic N) is 2. The number of thiazole rings is 1. The van der Waals surface area contributed by atoms with E-state index in [9.17, 15) is 18.0 Å². The second-order valence-electron chi connectivity index (χ2n) is 6.79. The van der Waals surface area contributed by atoms with Crippen LogP contribution in [0.25, 0.3) is 10.6 Å². The topological polar surface area (TPSA) is 54.5 Å². The summed E-state index contributed by atoms with van der Waals surface area (Å²) in [6, 6.07) is 5.91. The molecule has 3 fully saturated rings. The molecule has 2 aromatic rings. The molecule has 3 aliphatic heterocycles. The lowest BCUT2D eigenvalue weighted by molar-refractivity contribution is -0.274. The number of rotatable bonds is 4. The molecule has 0 unspecified atom stereocenters. The summed E-state index contributed by atoms with van der Waals surface area (Å²) in [6.07, 6.45) is -1.22. The third-order valence-corrected chi connectivity index (χ3v) is 6.07. The van der Waals surface area contributed by atoms with Crippen LogP contribution in [0.3, 0.4) is 0 Å². The molecule has 0 saturated carbocycles. The van der Waals surface area contributed by atoms with Crippen LogP contribution in [0.4, 0.5) is 13.2 Å². The number of carbonyl (C=O) groups is 1. The summed E-state index contributed by atoms with van der Waals surface area (Å²) in [5, 5.41) is 3.38. The van der Waals surface area contributed by atoms with Gasteiger partial charge < -0.3 is 15.0 Å². The molecule has 1 aromatic carbocycles. The molecule has 1 N–H and O–H groups in total. The minimum atomic E-state index is -4.79. The number of hydrogen-bond donors (Lipinski definition) is 1. The highest BCUT2D eigenvalue weighted by Crippen LogP contribution is 2.36. The number of alkyl halides is 3. The zero-order chi connectivity index (χ0) is 19.0. The smallest absolute Gasteiger partial charge is 0.405 e. The number of nitrogens with one attached hydrogen (secondary N) is 1. The average Bonchev–Trinajstić information content (AvgIpc) is 3.12. The molecule has 0 spiro atoms. The van der Waals surface area contributed by atoms with Crippen molar-refractivity contribution >= 4 is 17.2 Å². The largest absolute Gasteiger partial charge is 0.573 e. The van der Waals surface area contributed by atoms with Crippen LogP contribution >= 0.6 is 11.3 Å². The Morgan fingerprint density at radius 2 is 2.00 bits per heavy atom. The summed E-state index contributed by atoms with van der Waals surface area (Å²) in [4.78, 5) is 19.4. The zero-order valence-electron chi connectivity index (χ0n) is 14.3. The minimum absolute atomic E-state index is 0.117. The van der Waals surface area contributed by atoms with E-state index in [1.807, 2.05) is 0 Å². The molecule has 2 bridgehead atoms. The first-order valence-corrected chi connectivity index (χ1v) is 9.55. The molecule has 1 amide bonds. The van der Waals surface area contributed by atoms with Gasteiger partial charge in [-0.15, -0.1) is 24.5 Å². The fourth-order valence-electron chi connectivity index (χ4n) is 3.73. The Hall–Kier alpha value is -2.13. The van der Waals surface area contributed by atoms with Crippen molar-refractivity contribution in [1.82, 2.24) is 15.2 Å². The second-order valence-corrected chi connectivity index (χ2v) is 7.82. The van der Waals surface area contributed by atoms with E-state index >= 15 is 0 Å². The number of ether oxygens (including phenoxy) is 1. The Balaban J connectivity index is 1.50. The third kappa shape index (κ3) is 4.08. The van der Waals surface area contributed by atoms with Crippen LogP contribution < -0.4 is 10.1 Å². The van der Waals surface area contributed by atoms with Crippen LogP contribution in [0.5, 0.6) is 5.75 Å². The predicted molar refractivity (Wildman–Crippen MR) is 94.7 cm³/mol. The molecule has 0 radical (unpaired) electrons. The molecule has 144 valence electrons. The van der Waals surface area contributed by atoms with Gasteiger partial charge in [-0.3, -0.25) is 4.79 Å². The molecule has 3 aliphatic rings. The van der Waals surface area contributed by atoms with Gasteiger partial charge in [0.1, 0.15) is 15.6 Å². The molecule has 1 aromatic heterocycles. The Bertz CT molecular complexity index is 831. The number of para-hydroxylation sites is 1. The van der Waals surface area contributed by atoms with Gasteiger partial charge >= 0.3 is 6.36 Å². The summed E-state index contributed by atoms with van der Waals surface area (Å²) < 4.78 is 41.9. The monoisotopic (exact) mass is 397 g/mol.